The number of hydrogen-bond donors (Lipinski definition) is 3. The summed E-state index contributed by atoms with van der Waals surface area (Å²) in [4.78, 5) is 34.6. The summed E-state index contributed by atoms with van der Waals surface area (Å²) in [7, 11) is 0. The number of nitrogens with one attached hydrogen (secondary N) is 2. The Kier molecular flexibility index (Phi) is 3.50. The van der Waals surface area contributed by atoms with E-state index in [-0.39, 0.29) is 18.2 Å². The largest absolute Gasteiger partial charge is 0.398 e. The van der Waals surface area contributed by atoms with Crippen LogP contribution < -0.4 is 16.4 Å². The molecule has 1 atom stereocenters. The van der Waals surface area contributed by atoms with E-state index in [4.69, 9.17) is 5.73 Å². The van der Waals surface area contributed by atoms with Gasteiger partial charge in [0.1, 0.15) is 6.04 Å². The summed E-state index contributed by atoms with van der Waals surface area (Å²) < 4.78 is 0. The van der Waals surface area contributed by atoms with E-state index in [1.807, 2.05) is 0 Å². The molecule has 0 aliphatic carbocycles. The monoisotopic (exact) mass is 261 g/mol. The number of nitrogen functional groups attached to an aromatic ring is 1. The van der Waals surface area contributed by atoms with Gasteiger partial charge in [0.25, 0.3) is 5.91 Å². The van der Waals surface area contributed by atoms with E-state index in [2.05, 4.69) is 10.6 Å². The van der Waals surface area contributed by atoms with Crippen LogP contribution >= 0.6 is 0 Å². The fourth-order valence-electron chi connectivity index (χ4n) is 1.97. The van der Waals surface area contributed by atoms with Gasteiger partial charge in [-0.15, -0.1) is 0 Å². The fourth-order valence-corrected chi connectivity index (χ4v) is 1.97. The highest BCUT2D eigenvalue weighted by Gasteiger charge is 2.28. The van der Waals surface area contributed by atoms with Gasteiger partial charge < -0.3 is 11.1 Å². The molecule has 1 saturated heterocycles. The average molecular weight is 261 g/mol. The van der Waals surface area contributed by atoms with Crippen molar-refractivity contribution in [3.8, 4) is 0 Å². The normalized spacial score (nSPS) is 18.9. The molecule has 4 N–H and O–H groups in total. The van der Waals surface area contributed by atoms with Crippen LogP contribution in [0.15, 0.2) is 18.2 Å². The van der Waals surface area contributed by atoms with E-state index in [1.54, 1.807) is 25.1 Å². The molecular weight excluding hydrogens is 246 g/mol. The molecule has 0 aromatic heterocycles. The molecule has 1 aromatic rings. The molecule has 100 valence electrons. The van der Waals surface area contributed by atoms with Crippen molar-refractivity contribution in [1.29, 1.82) is 0 Å². The number of amides is 3. The highest BCUT2D eigenvalue weighted by molar-refractivity contribution is 6.04. The predicted octanol–water partition coefficient (Wildman–Crippen LogP) is 0.112. The first-order chi connectivity index (χ1) is 8.99. The van der Waals surface area contributed by atoms with Crippen LogP contribution in [0.2, 0.25) is 0 Å². The molecule has 0 spiro atoms. The van der Waals surface area contributed by atoms with Gasteiger partial charge in [-0.1, -0.05) is 6.07 Å². The van der Waals surface area contributed by atoms with Crippen molar-refractivity contribution in [3.63, 3.8) is 0 Å². The average Bonchev–Trinajstić information content (AvgIpc) is 2.36. The van der Waals surface area contributed by atoms with E-state index < -0.39 is 11.9 Å². The SMILES string of the molecule is Cc1c(N)cccc1C(=O)NC1CCC(=O)NC1=O. The Morgan fingerprint density at radius 2 is 2.16 bits per heavy atom. The van der Waals surface area contributed by atoms with Crippen LogP contribution in [0.3, 0.4) is 0 Å². The Balaban J connectivity index is 2.11. The predicted molar refractivity (Wildman–Crippen MR) is 69.2 cm³/mol. The third kappa shape index (κ3) is 2.73. The van der Waals surface area contributed by atoms with Crippen molar-refractivity contribution in [1.82, 2.24) is 10.6 Å². The number of rotatable bonds is 2. The first-order valence-corrected chi connectivity index (χ1v) is 5.98. The summed E-state index contributed by atoms with van der Waals surface area (Å²) in [5, 5.41) is 4.81. The Labute approximate surface area is 110 Å². The van der Waals surface area contributed by atoms with Crippen LogP contribution in [-0.2, 0) is 9.59 Å². The van der Waals surface area contributed by atoms with Gasteiger partial charge >= 0.3 is 0 Å². The summed E-state index contributed by atoms with van der Waals surface area (Å²) in [5.74, 6) is -1.14. The lowest BCUT2D eigenvalue weighted by Crippen LogP contribution is -2.52. The van der Waals surface area contributed by atoms with Crippen LogP contribution in [0, 0.1) is 6.92 Å². The van der Waals surface area contributed by atoms with Crippen molar-refractivity contribution in [3.05, 3.63) is 29.3 Å². The van der Waals surface area contributed by atoms with Crippen LogP contribution in [0.1, 0.15) is 28.8 Å². The van der Waals surface area contributed by atoms with Crippen molar-refractivity contribution < 1.29 is 14.4 Å². The highest BCUT2D eigenvalue weighted by Crippen LogP contribution is 2.16. The second-order valence-corrected chi connectivity index (χ2v) is 4.50. The van der Waals surface area contributed by atoms with Gasteiger partial charge in [0.15, 0.2) is 0 Å². The summed E-state index contributed by atoms with van der Waals surface area (Å²) in [6.45, 7) is 1.74. The lowest BCUT2D eigenvalue weighted by molar-refractivity contribution is -0.134. The Morgan fingerprint density at radius 1 is 1.42 bits per heavy atom. The third-order valence-electron chi connectivity index (χ3n) is 3.16. The number of benzene rings is 1. The molecular formula is C13H15N3O3. The minimum Gasteiger partial charge on any atom is -0.398 e. The lowest BCUT2D eigenvalue weighted by Gasteiger charge is -2.22. The first-order valence-electron chi connectivity index (χ1n) is 5.98. The number of carbonyl (C=O) groups is 3. The molecule has 1 unspecified atom stereocenters. The topological polar surface area (TPSA) is 101 Å². The van der Waals surface area contributed by atoms with Gasteiger partial charge in [-0.3, -0.25) is 19.7 Å². The summed E-state index contributed by atoms with van der Waals surface area (Å²) >= 11 is 0. The molecule has 0 bridgehead atoms. The van der Waals surface area contributed by atoms with E-state index in [1.165, 1.54) is 0 Å². The minimum atomic E-state index is -0.675. The Morgan fingerprint density at radius 3 is 2.84 bits per heavy atom. The number of imide groups is 1. The van der Waals surface area contributed by atoms with E-state index >= 15 is 0 Å². The molecule has 3 amide bonds. The zero-order valence-corrected chi connectivity index (χ0v) is 10.5. The fraction of sp³-hybridized carbons (Fsp3) is 0.308. The van der Waals surface area contributed by atoms with Gasteiger partial charge in [-0.25, -0.2) is 0 Å². The van der Waals surface area contributed by atoms with Gasteiger partial charge in [0, 0.05) is 17.7 Å². The van der Waals surface area contributed by atoms with Crippen LogP contribution in [0.5, 0.6) is 0 Å². The number of piperidine rings is 1. The maximum atomic E-state index is 12.1. The van der Waals surface area contributed by atoms with Crippen LogP contribution in [0.25, 0.3) is 0 Å². The molecule has 1 aliphatic heterocycles. The Bertz CT molecular complexity index is 554. The van der Waals surface area contributed by atoms with Gasteiger partial charge in [0.2, 0.25) is 11.8 Å². The van der Waals surface area contributed by atoms with E-state index in [0.29, 0.717) is 23.2 Å². The van der Waals surface area contributed by atoms with Crippen molar-refractivity contribution in [2.75, 3.05) is 5.73 Å². The standard InChI is InChI=1S/C13H15N3O3/c1-7-8(3-2-4-9(7)14)12(18)15-10-5-6-11(17)16-13(10)19/h2-4,10H,5-6,14H2,1H3,(H,15,18)(H,16,17,19). The van der Waals surface area contributed by atoms with Crippen molar-refractivity contribution in [2.45, 2.75) is 25.8 Å². The van der Waals surface area contributed by atoms with E-state index in [9.17, 15) is 14.4 Å². The molecule has 19 heavy (non-hydrogen) atoms. The number of carbonyl (C=O) groups excluding carboxylic acids is 3. The molecule has 1 aliphatic rings. The Hall–Kier alpha value is -2.37. The second kappa shape index (κ2) is 5.09. The molecule has 6 nitrogen and oxygen atoms in total. The minimum absolute atomic E-state index is 0.229. The molecule has 1 fully saturated rings. The van der Waals surface area contributed by atoms with Gasteiger partial charge in [-0.2, -0.15) is 0 Å². The zero-order chi connectivity index (χ0) is 14.0. The number of anilines is 1. The van der Waals surface area contributed by atoms with Crippen molar-refractivity contribution >= 4 is 23.4 Å². The maximum absolute atomic E-state index is 12.1. The number of nitrogens with two attached hydrogens (primary N) is 1. The second-order valence-electron chi connectivity index (χ2n) is 4.50. The molecule has 2 rings (SSSR count). The molecule has 0 radical (unpaired) electrons. The van der Waals surface area contributed by atoms with Crippen molar-refractivity contribution in [2.24, 2.45) is 0 Å². The van der Waals surface area contributed by atoms with Crippen LogP contribution in [-0.4, -0.2) is 23.8 Å². The first kappa shape index (κ1) is 13.1. The third-order valence-corrected chi connectivity index (χ3v) is 3.16. The smallest absolute Gasteiger partial charge is 0.252 e. The van der Waals surface area contributed by atoms with Gasteiger partial charge in [-0.05, 0) is 31.0 Å². The zero-order valence-electron chi connectivity index (χ0n) is 10.5. The van der Waals surface area contributed by atoms with Gasteiger partial charge in [0.05, 0.1) is 0 Å². The maximum Gasteiger partial charge on any atom is 0.252 e. The lowest BCUT2D eigenvalue weighted by atomic mass is 10.0. The quantitative estimate of drug-likeness (QED) is 0.519. The molecule has 1 heterocycles. The van der Waals surface area contributed by atoms with Crippen LogP contribution in [0.4, 0.5) is 5.69 Å². The number of hydrogen-bond acceptors (Lipinski definition) is 4. The van der Waals surface area contributed by atoms with E-state index in [0.717, 1.165) is 0 Å². The molecule has 6 heteroatoms. The highest BCUT2D eigenvalue weighted by atomic mass is 16.2. The summed E-state index contributed by atoms with van der Waals surface area (Å²) in [5.41, 5.74) is 7.37. The molecule has 1 aromatic carbocycles. The molecule has 0 saturated carbocycles. The summed E-state index contributed by atoms with van der Waals surface area (Å²) in [6.07, 6.45) is 0.546. The summed E-state index contributed by atoms with van der Waals surface area (Å²) in [6, 6.07) is 4.36.